The molecule has 2 N–H and O–H groups in total. The molecule has 3 rings (SSSR count). The van der Waals surface area contributed by atoms with E-state index in [4.69, 9.17) is 34.8 Å². The Balaban J connectivity index is 2.02. The maximum Gasteiger partial charge on any atom is 0.230 e. The van der Waals surface area contributed by atoms with Crippen LogP contribution in [0.15, 0.2) is 12.1 Å². The molecular weight excluding hydrogens is 321 g/mol. The molecule has 0 bridgehead atoms. The van der Waals surface area contributed by atoms with Crippen molar-refractivity contribution < 1.29 is 9.90 Å². The molecule has 0 radical (unpaired) electrons. The van der Waals surface area contributed by atoms with Gasteiger partial charge in [0.25, 0.3) is 0 Å². The third kappa shape index (κ3) is 2.12. The molecule has 20 heavy (non-hydrogen) atoms. The highest BCUT2D eigenvalue weighted by atomic mass is 35.5. The van der Waals surface area contributed by atoms with Crippen molar-refractivity contribution in [1.29, 1.82) is 0 Å². The molecule has 1 saturated carbocycles. The Labute approximate surface area is 132 Å². The van der Waals surface area contributed by atoms with Gasteiger partial charge < -0.3 is 10.4 Å². The number of amides is 1. The molecule has 3 unspecified atom stereocenters. The summed E-state index contributed by atoms with van der Waals surface area (Å²) < 4.78 is 0. The molecule has 1 aliphatic carbocycles. The van der Waals surface area contributed by atoms with Crippen LogP contribution in [0.25, 0.3) is 0 Å². The van der Waals surface area contributed by atoms with Gasteiger partial charge in [-0.15, -0.1) is 0 Å². The summed E-state index contributed by atoms with van der Waals surface area (Å²) in [6.45, 7) is 1.89. The van der Waals surface area contributed by atoms with Gasteiger partial charge in [0.1, 0.15) is 0 Å². The summed E-state index contributed by atoms with van der Waals surface area (Å²) in [7, 11) is 0. The molecule has 6 heteroatoms. The standard InChI is InChI=1S/C14H14Cl3NO2/c1-14(6-2-3-6)12(19)11(13(20)18-14)7-4-9(16)10(17)5-8(7)15/h4-6,11-12,19H,2-3H2,1H3,(H,18,20). The first-order chi connectivity index (χ1) is 9.34. The second-order valence-electron chi connectivity index (χ2n) is 5.76. The Hall–Kier alpha value is -0.480. The van der Waals surface area contributed by atoms with Crippen molar-refractivity contribution in [3.63, 3.8) is 0 Å². The molecule has 1 aliphatic heterocycles. The second kappa shape index (κ2) is 4.77. The average molecular weight is 335 g/mol. The fourth-order valence-corrected chi connectivity index (χ4v) is 3.69. The van der Waals surface area contributed by atoms with Crippen LogP contribution in [0.4, 0.5) is 0 Å². The summed E-state index contributed by atoms with van der Waals surface area (Å²) >= 11 is 18.1. The summed E-state index contributed by atoms with van der Waals surface area (Å²) in [6.07, 6.45) is 1.22. The van der Waals surface area contributed by atoms with Crippen molar-refractivity contribution in [3.8, 4) is 0 Å². The van der Waals surface area contributed by atoms with Gasteiger partial charge in [0.05, 0.1) is 27.6 Å². The van der Waals surface area contributed by atoms with Crippen molar-refractivity contribution >= 4 is 40.7 Å². The van der Waals surface area contributed by atoms with Crippen LogP contribution in [-0.4, -0.2) is 22.7 Å². The highest BCUT2D eigenvalue weighted by Crippen LogP contribution is 2.49. The number of benzene rings is 1. The Morgan fingerprint density at radius 1 is 1.20 bits per heavy atom. The van der Waals surface area contributed by atoms with E-state index < -0.39 is 17.6 Å². The number of rotatable bonds is 2. The molecule has 2 aliphatic rings. The molecule has 1 amide bonds. The number of carbonyl (C=O) groups excluding carboxylic acids is 1. The zero-order chi connectivity index (χ0) is 14.7. The normalized spacial score (nSPS) is 33.4. The van der Waals surface area contributed by atoms with Gasteiger partial charge in [-0.05, 0) is 43.4 Å². The summed E-state index contributed by atoms with van der Waals surface area (Å²) in [5.41, 5.74) is -0.0626. The van der Waals surface area contributed by atoms with Gasteiger partial charge >= 0.3 is 0 Å². The maximum absolute atomic E-state index is 12.3. The predicted molar refractivity (Wildman–Crippen MR) is 79.5 cm³/mol. The van der Waals surface area contributed by atoms with E-state index in [9.17, 15) is 9.90 Å². The molecule has 0 spiro atoms. The van der Waals surface area contributed by atoms with Crippen molar-refractivity contribution in [2.75, 3.05) is 0 Å². The lowest BCUT2D eigenvalue weighted by Gasteiger charge is -2.29. The van der Waals surface area contributed by atoms with E-state index >= 15 is 0 Å². The number of halogens is 3. The minimum absolute atomic E-state index is 0.216. The van der Waals surface area contributed by atoms with Crippen LogP contribution in [-0.2, 0) is 4.79 Å². The molecule has 1 aromatic carbocycles. The molecule has 0 aromatic heterocycles. The fourth-order valence-electron chi connectivity index (χ4n) is 3.02. The largest absolute Gasteiger partial charge is 0.389 e. The second-order valence-corrected chi connectivity index (χ2v) is 6.98. The molecule has 1 saturated heterocycles. The van der Waals surface area contributed by atoms with Crippen LogP contribution in [0, 0.1) is 5.92 Å². The van der Waals surface area contributed by atoms with Gasteiger partial charge in [-0.3, -0.25) is 4.79 Å². The van der Waals surface area contributed by atoms with E-state index in [1.54, 1.807) is 6.07 Å². The van der Waals surface area contributed by atoms with Crippen molar-refractivity contribution in [1.82, 2.24) is 5.32 Å². The van der Waals surface area contributed by atoms with Crippen LogP contribution >= 0.6 is 34.8 Å². The van der Waals surface area contributed by atoms with E-state index in [1.807, 2.05) is 6.92 Å². The van der Waals surface area contributed by atoms with E-state index in [-0.39, 0.29) is 5.91 Å². The first-order valence-corrected chi connectivity index (χ1v) is 7.62. The first-order valence-electron chi connectivity index (χ1n) is 6.49. The van der Waals surface area contributed by atoms with Gasteiger partial charge in [0, 0.05) is 5.02 Å². The zero-order valence-corrected chi connectivity index (χ0v) is 13.1. The fraction of sp³-hybridized carbons (Fsp3) is 0.500. The Kier molecular flexibility index (Phi) is 3.45. The van der Waals surface area contributed by atoms with Crippen LogP contribution in [0.2, 0.25) is 15.1 Å². The summed E-state index contributed by atoms with van der Waals surface area (Å²) in [5, 5.41) is 14.5. The van der Waals surface area contributed by atoms with E-state index in [2.05, 4.69) is 5.32 Å². The lowest BCUT2D eigenvalue weighted by molar-refractivity contribution is -0.121. The lowest BCUT2D eigenvalue weighted by atomic mass is 9.83. The van der Waals surface area contributed by atoms with Crippen LogP contribution in [0.1, 0.15) is 31.2 Å². The van der Waals surface area contributed by atoms with Gasteiger partial charge in [0.2, 0.25) is 5.91 Å². The van der Waals surface area contributed by atoms with Crippen molar-refractivity contribution in [2.45, 2.75) is 37.3 Å². The van der Waals surface area contributed by atoms with Gasteiger partial charge in [-0.2, -0.15) is 0 Å². The number of nitrogens with one attached hydrogen (secondary N) is 1. The first kappa shape index (κ1) is 14.5. The van der Waals surface area contributed by atoms with E-state index in [1.165, 1.54) is 6.07 Å². The molecular formula is C14H14Cl3NO2. The molecule has 1 heterocycles. The monoisotopic (exact) mass is 333 g/mol. The minimum atomic E-state index is -0.822. The van der Waals surface area contributed by atoms with Crippen LogP contribution in [0.3, 0.4) is 0 Å². The van der Waals surface area contributed by atoms with Gasteiger partial charge in [0.15, 0.2) is 0 Å². The molecule has 108 valence electrons. The quantitative estimate of drug-likeness (QED) is 0.815. The predicted octanol–water partition coefficient (Wildman–Crippen LogP) is 3.39. The molecule has 3 nitrogen and oxygen atoms in total. The number of aliphatic hydroxyl groups is 1. The van der Waals surface area contributed by atoms with Crippen molar-refractivity contribution in [2.24, 2.45) is 5.92 Å². The zero-order valence-electron chi connectivity index (χ0n) is 10.8. The Morgan fingerprint density at radius 3 is 2.40 bits per heavy atom. The number of hydrogen-bond acceptors (Lipinski definition) is 2. The van der Waals surface area contributed by atoms with E-state index in [0.29, 0.717) is 26.5 Å². The minimum Gasteiger partial charge on any atom is -0.389 e. The maximum atomic E-state index is 12.3. The topological polar surface area (TPSA) is 49.3 Å². The molecule has 1 aromatic rings. The van der Waals surface area contributed by atoms with Crippen molar-refractivity contribution in [3.05, 3.63) is 32.8 Å². The lowest BCUT2D eigenvalue weighted by Crippen LogP contribution is -2.48. The SMILES string of the molecule is CC1(C2CC2)NC(=O)C(c2cc(Cl)c(Cl)cc2Cl)C1O. The Morgan fingerprint density at radius 2 is 1.80 bits per heavy atom. The van der Waals surface area contributed by atoms with Gasteiger partial charge in [-0.25, -0.2) is 0 Å². The number of carbonyl (C=O) groups is 1. The smallest absolute Gasteiger partial charge is 0.230 e. The molecule has 2 fully saturated rings. The van der Waals surface area contributed by atoms with E-state index in [0.717, 1.165) is 12.8 Å². The molecule has 3 atom stereocenters. The van der Waals surface area contributed by atoms with Crippen LogP contribution < -0.4 is 5.32 Å². The summed E-state index contributed by atoms with van der Waals surface area (Å²) in [4.78, 5) is 12.3. The van der Waals surface area contributed by atoms with Crippen LogP contribution in [0.5, 0.6) is 0 Å². The number of hydrogen-bond donors (Lipinski definition) is 2. The third-order valence-electron chi connectivity index (χ3n) is 4.41. The highest BCUT2D eigenvalue weighted by Gasteiger charge is 2.57. The average Bonchev–Trinajstić information content (AvgIpc) is 3.16. The van der Waals surface area contributed by atoms with Gasteiger partial charge in [-0.1, -0.05) is 34.8 Å². The highest BCUT2D eigenvalue weighted by molar-refractivity contribution is 6.43. The number of aliphatic hydroxyl groups excluding tert-OH is 1. The Bertz CT molecular complexity index is 588. The summed E-state index contributed by atoms with van der Waals surface area (Å²) in [6, 6.07) is 3.08. The summed E-state index contributed by atoms with van der Waals surface area (Å²) in [5.74, 6) is -0.594. The third-order valence-corrected chi connectivity index (χ3v) is 5.45.